The molecule has 0 amide bonds. The van der Waals surface area contributed by atoms with Crippen LogP contribution in [0, 0.1) is 42.9 Å². The molecule has 3 aliphatic rings. The van der Waals surface area contributed by atoms with Crippen LogP contribution in [0.1, 0.15) is 58.3 Å². The lowest BCUT2D eigenvalue weighted by Crippen LogP contribution is -2.46. The van der Waals surface area contributed by atoms with Crippen molar-refractivity contribution in [2.75, 3.05) is 7.11 Å². The molecule has 132 valence electrons. The van der Waals surface area contributed by atoms with Crippen molar-refractivity contribution in [2.24, 2.45) is 29.1 Å². The molecule has 4 radical (unpaired) electrons. The van der Waals surface area contributed by atoms with Gasteiger partial charge in [0.25, 0.3) is 0 Å². The van der Waals surface area contributed by atoms with Crippen molar-refractivity contribution >= 4 is 11.9 Å². The topological polar surface area (TPSA) is 52.6 Å². The van der Waals surface area contributed by atoms with E-state index >= 15 is 0 Å². The van der Waals surface area contributed by atoms with Gasteiger partial charge < -0.3 is 9.47 Å². The Morgan fingerprint density at radius 1 is 1.17 bits per heavy atom. The third kappa shape index (κ3) is 2.76. The second kappa shape index (κ2) is 6.34. The molecule has 0 aromatic heterocycles. The smallest absolute Gasteiger partial charge is 0.313 e. The van der Waals surface area contributed by atoms with Crippen LogP contribution >= 0.6 is 0 Å². The number of carbonyl (C=O) groups is 2. The lowest BCUT2D eigenvalue weighted by molar-refractivity contribution is -0.184. The van der Waals surface area contributed by atoms with E-state index < -0.39 is 17.3 Å². The molecule has 4 heteroatoms. The van der Waals surface area contributed by atoms with E-state index in [1.54, 1.807) is 0 Å². The third-order valence-corrected chi connectivity index (χ3v) is 6.80. The summed E-state index contributed by atoms with van der Waals surface area (Å²) in [5, 5.41) is 0. The highest BCUT2D eigenvalue weighted by Crippen LogP contribution is 2.56. The molecule has 0 N–H and O–H groups in total. The lowest BCUT2D eigenvalue weighted by Gasteiger charge is -2.40. The first kappa shape index (κ1) is 17.8. The minimum absolute atomic E-state index is 0.0505. The molecule has 0 aliphatic heterocycles. The number of hydrogen-bond acceptors (Lipinski definition) is 4. The first-order valence-electron chi connectivity index (χ1n) is 9.16. The average Bonchev–Trinajstić information content (AvgIpc) is 3.21. The fourth-order valence-electron chi connectivity index (χ4n) is 5.40. The molecule has 3 saturated carbocycles. The summed E-state index contributed by atoms with van der Waals surface area (Å²) in [6, 6.07) is 0. The van der Waals surface area contributed by atoms with E-state index in [0.717, 1.165) is 25.7 Å². The number of fused-ring (bicyclic) bond motifs is 2. The Morgan fingerprint density at radius 3 is 2.38 bits per heavy atom. The molecule has 3 aliphatic carbocycles. The summed E-state index contributed by atoms with van der Waals surface area (Å²) in [5.74, 6) is -0.323. The van der Waals surface area contributed by atoms with Crippen LogP contribution in [0.3, 0.4) is 0 Å². The van der Waals surface area contributed by atoms with E-state index in [0.29, 0.717) is 24.7 Å². The Hall–Kier alpha value is -1.06. The first-order valence-corrected chi connectivity index (χ1v) is 9.16. The summed E-state index contributed by atoms with van der Waals surface area (Å²) < 4.78 is 10.9. The highest BCUT2D eigenvalue weighted by molar-refractivity contribution is 5.84. The molecule has 2 bridgehead atoms. The van der Waals surface area contributed by atoms with E-state index in [4.69, 9.17) is 23.3 Å². The van der Waals surface area contributed by atoms with E-state index in [2.05, 4.69) is 6.92 Å². The Labute approximate surface area is 145 Å². The molecule has 3 rings (SSSR count). The molecule has 6 unspecified atom stereocenters. The number of esters is 2. The van der Waals surface area contributed by atoms with Gasteiger partial charge in [-0.05, 0) is 82.5 Å². The summed E-state index contributed by atoms with van der Waals surface area (Å²) >= 11 is 0. The van der Waals surface area contributed by atoms with E-state index in [9.17, 15) is 9.59 Å². The van der Waals surface area contributed by atoms with Gasteiger partial charge >= 0.3 is 11.9 Å². The molecular formula is C20H28O4. The average molecular weight is 332 g/mol. The predicted molar refractivity (Wildman–Crippen MR) is 88.4 cm³/mol. The quantitative estimate of drug-likeness (QED) is 0.723. The maximum Gasteiger partial charge on any atom is 0.313 e. The third-order valence-electron chi connectivity index (χ3n) is 6.80. The molecule has 0 spiro atoms. The summed E-state index contributed by atoms with van der Waals surface area (Å²) in [6.07, 6.45) is 6.13. The van der Waals surface area contributed by atoms with Gasteiger partial charge in [-0.25, -0.2) is 0 Å². The van der Waals surface area contributed by atoms with Crippen LogP contribution in [0.15, 0.2) is 0 Å². The van der Waals surface area contributed by atoms with Crippen molar-refractivity contribution in [1.82, 2.24) is 0 Å². The predicted octanol–water partition coefficient (Wildman–Crippen LogP) is 3.50. The molecule has 24 heavy (non-hydrogen) atoms. The van der Waals surface area contributed by atoms with Gasteiger partial charge in [-0.1, -0.05) is 6.92 Å². The number of carbonyl (C=O) groups excluding carboxylic acids is 2. The largest absolute Gasteiger partial charge is 0.469 e. The van der Waals surface area contributed by atoms with Gasteiger partial charge in [0.1, 0.15) is 5.60 Å². The van der Waals surface area contributed by atoms with Crippen LogP contribution in [-0.4, -0.2) is 24.6 Å². The molecule has 3 fully saturated rings. The number of ether oxygens (including phenoxy) is 2. The van der Waals surface area contributed by atoms with Crippen molar-refractivity contribution in [1.29, 1.82) is 0 Å². The van der Waals surface area contributed by atoms with Gasteiger partial charge in [0, 0.05) is 0 Å². The van der Waals surface area contributed by atoms with Crippen molar-refractivity contribution in [3.05, 3.63) is 13.8 Å². The van der Waals surface area contributed by atoms with Crippen molar-refractivity contribution < 1.29 is 19.1 Å². The zero-order valence-corrected chi connectivity index (χ0v) is 14.8. The van der Waals surface area contributed by atoms with Crippen LogP contribution < -0.4 is 0 Å². The molecule has 6 atom stereocenters. The summed E-state index contributed by atoms with van der Waals surface area (Å²) in [4.78, 5) is 25.1. The van der Waals surface area contributed by atoms with Crippen molar-refractivity contribution in [3.8, 4) is 0 Å². The first-order chi connectivity index (χ1) is 11.3. The number of hydrogen-bond donors (Lipinski definition) is 0. The lowest BCUT2D eigenvalue weighted by atomic mass is 9.75. The summed E-state index contributed by atoms with van der Waals surface area (Å²) in [7, 11) is 1.32. The van der Waals surface area contributed by atoms with Crippen LogP contribution in [-0.2, 0) is 19.1 Å². The van der Waals surface area contributed by atoms with Gasteiger partial charge in [-0.15, -0.1) is 0 Å². The summed E-state index contributed by atoms with van der Waals surface area (Å²) in [6.45, 7) is 14.4. The standard InChI is InChI=1S/C20H28O4/c1-5-20(11-15-6-7-16(20)9-15)24-18(22)19(12-17(21)23-4)10-13(2)8-14(19)3/h2-3,13-16H,5-12H2,1,4H3. The van der Waals surface area contributed by atoms with Gasteiger partial charge in [0.05, 0.1) is 18.9 Å². The zero-order chi connectivity index (χ0) is 17.5. The second-order valence-electron chi connectivity index (χ2n) is 8.10. The van der Waals surface area contributed by atoms with Crippen LogP contribution in [0.2, 0.25) is 0 Å². The molecule has 0 saturated heterocycles. The second-order valence-corrected chi connectivity index (χ2v) is 8.10. The minimum Gasteiger partial charge on any atom is -0.469 e. The molecule has 0 aromatic carbocycles. The normalized spacial score (nSPS) is 43.8. The highest BCUT2D eigenvalue weighted by atomic mass is 16.6. The van der Waals surface area contributed by atoms with E-state index in [1.165, 1.54) is 13.5 Å². The van der Waals surface area contributed by atoms with Crippen molar-refractivity contribution in [2.45, 2.75) is 63.9 Å². The van der Waals surface area contributed by atoms with E-state index in [1.807, 2.05) is 0 Å². The maximum atomic E-state index is 13.2. The fraction of sp³-hybridized carbons (Fsp3) is 0.800. The molecule has 0 heterocycles. The van der Waals surface area contributed by atoms with Crippen LogP contribution in [0.25, 0.3) is 0 Å². The van der Waals surface area contributed by atoms with Gasteiger partial charge in [0.2, 0.25) is 0 Å². The Morgan fingerprint density at radius 2 is 1.92 bits per heavy atom. The fourth-order valence-corrected chi connectivity index (χ4v) is 5.40. The van der Waals surface area contributed by atoms with Gasteiger partial charge in [-0.2, -0.15) is 0 Å². The molecule has 4 nitrogen and oxygen atoms in total. The Balaban J connectivity index is 1.83. The summed E-state index contributed by atoms with van der Waals surface area (Å²) in [5.41, 5.74) is -1.42. The molecule has 0 aromatic rings. The van der Waals surface area contributed by atoms with Gasteiger partial charge in [-0.3, -0.25) is 9.59 Å². The maximum absolute atomic E-state index is 13.2. The van der Waals surface area contributed by atoms with Crippen LogP contribution in [0.4, 0.5) is 0 Å². The van der Waals surface area contributed by atoms with Crippen LogP contribution in [0.5, 0.6) is 0 Å². The monoisotopic (exact) mass is 332 g/mol. The zero-order valence-electron chi connectivity index (χ0n) is 14.8. The molecular weight excluding hydrogens is 304 g/mol. The van der Waals surface area contributed by atoms with Gasteiger partial charge in [0.15, 0.2) is 0 Å². The minimum atomic E-state index is -1.05. The van der Waals surface area contributed by atoms with E-state index in [-0.39, 0.29) is 23.9 Å². The Kier molecular flexibility index (Phi) is 4.69. The number of rotatable bonds is 5. The highest BCUT2D eigenvalue weighted by Gasteiger charge is 2.57. The SMILES string of the molecule is [CH]C1CC([CH])C(CC(=O)OC)(C(=O)OC2(CC)CC3CCC2C3)C1. The number of methoxy groups -OCH3 is 1. The van der Waals surface area contributed by atoms with Crippen molar-refractivity contribution in [3.63, 3.8) is 0 Å². The Bertz CT molecular complexity index is 516.